The normalized spacial score (nSPS) is 12.2. The van der Waals surface area contributed by atoms with E-state index in [1.807, 2.05) is 0 Å². The molecule has 1 rings (SSSR count). The Morgan fingerprint density at radius 3 is 2.89 bits per heavy atom. The number of carbonyl (C=O) groups excluding carboxylic acids is 1. The molecule has 0 aliphatic heterocycles. The van der Waals surface area contributed by atoms with E-state index in [1.54, 1.807) is 7.11 Å². The highest BCUT2D eigenvalue weighted by Gasteiger charge is 2.12. The molecule has 0 spiro atoms. The zero-order valence-corrected chi connectivity index (χ0v) is 11.4. The van der Waals surface area contributed by atoms with Crippen LogP contribution in [0.15, 0.2) is 18.2 Å². The van der Waals surface area contributed by atoms with Crippen LogP contribution < -0.4 is 5.32 Å². The van der Waals surface area contributed by atoms with Gasteiger partial charge in [0, 0.05) is 18.7 Å². The van der Waals surface area contributed by atoms with E-state index in [0.717, 1.165) is 6.07 Å². The van der Waals surface area contributed by atoms with Gasteiger partial charge in [-0.15, -0.1) is 11.6 Å². The molecule has 0 fully saturated rings. The van der Waals surface area contributed by atoms with Crippen molar-refractivity contribution in [3.05, 3.63) is 34.6 Å². The van der Waals surface area contributed by atoms with E-state index < -0.39 is 11.7 Å². The van der Waals surface area contributed by atoms with E-state index in [0.29, 0.717) is 19.6 Å². The number of nitrogens with one attached hydrogen (secondary N) is 1. The highest BCUT2D eigenvalue weighted by atomic mass is 35.5. The van der Waals surface area contributed by atoms with Gasteiger partial charge < -0.3 is 10.1 Å². The quantitative estimate of drug-likeness (QED) is 0.819. The van der Waals surface area contributed by atoms with Gasteiger partial charge >= 0.3 is 0 Å². The van der Waals surface area contributed by atoms with Crippen LogP contribution in [0.2, 0.25) is 5.02 Å². The maximum Gasteiger partial charge on any atom is 0.254 e. The first-order valence-corrected chi connectivity index (χ1v) is 6.22. The predicted molar refractivity (Wildman–Crippen MR) is 69.9 cm³/mol. The molecule has 1 aromatic carbocycles. The SMILES string of the molecule is COCC(Cl)CCNC(=O)c1ccc(Cl)cc1F. The van der Waals surface area contributed by atoms with Gasteiger partial charge in [-0.05, 0) is 24.6 Å². The lowest BCUT2D eigenvalue weighted by molar-refractivity contribution is 0.0947. The van der Waals surface area contributed by atoms with E-state index in [1.165, 1.54) is 12.1 Å². The Balaban J connectivity index is 2.45. The molecule has 100 valence electrons. The molecule has 0 aromatic heterocycles. The molecule has 1 amide bonds. The molecule has 0 saturated heterocycles. The van der Waals surface area contributed by atoms with Crippen molar-refractivity contribution in [3.63, 3.8) is 0 Å². The maximum absolute atomic E-state index is 13.4. The summed E-state index contributed by atoms with van der Waals surface area (Å²) < 4.78 is 18.3. The topological polar surface area (TPSA) is 38.3 Å². The standard InChI is InChI=1S/C12H14Cl2FNO2/c1-18-7-9(14)4-5-16-12(17)10-3-2-8(13)6-11(10)15/h2-3,6,9H,4-5,7H2,1H3,(H,16,17). The van der Waals surface area contributed by atoms with E-state index in [4.69, 9.17) is 27.9 Å². The summed E-state index contributed by atoms with van der Waals surface area (Å²) in [4.78, 5) is 11.6. The molecule has 0 aliphatic carbocycles. The molecule has 18 heavy (non-hydrogen) atoms. The largest absolute Gasteiger partial charge is 0.383 e. The fraction of sp³-hybridized carbons (Fsp3) is 0.417. The first-order chi connectivity index (χ1) is 8.54. The highest BCUT2D eigenvalue weighted by molar-refractivity contribution is 6.30. The van der Waals surface area contributed by atoms with Gasteiger partial charge in [-0.1, -0.05) is 11.6 Å². The summed E-state index contributed by atoms with van der Waals surface area (Å²) >= 11 is 11.5. The minimum Gasteiger partial charge on any atom is -0.383 e. The van der Waals surface area contributed by atoms with Gasteiger partial charge in [0.05, 0.1) is 17.5 Å². The third kappa shape index (κ3) is 4.80. The summed E-state index contributed by atoms with van der Waals surface area (Å²) in [5.74, 6) is -1.12. The second-order valence-corrected chi connectivity index (χ2v) is 4.78. The summed E-state index contributed by atoms with van der Waals surface area (Å²) in [6.07, 6.45) is 0.552. The van der Waals surface area contributed by atoms with Crippen LogP contribution in [-0.4, -0.2) is 31.5 Å². The zero-order chi connectivity index (χ0) is 13.5. The summed E-state index contributed by atoms with van der Waals surface area (Å²) in [6, 6.07) is 3.92. The van der Waals surface area contributed by atoms with Crippen molar-refractivity contribution >= 4 is 29.1 Å². The Morgan fingerprint density at radius 2 is 2.28 bits per heavy atom. The monoisotopic (exact) mass is 293 g/mol. The molecule has 6 heteroatoms. The molecule has 0 bridgehead atoms. The minimum absolute atomic E-state index is 0.0303. The van der Waals surface area contributed by atoms with Crippen LogP contribution in [0.25, 0.3) is 0 Å². The number of hydrogen-bond donors (Lipinski definition) is 1. The highest BCUT2D eigenvalue weighted by Crippen LogP contribution is 2.14. The maximum atomic E-state index is 13.4. The van der Waals surface area contributed by atoms with Gasteiger partial charge in [-0.3, -0.25) is 4.79 Å². The zero-order valence-electron chi connectivity index (χ0n) is 9.88. The molecule has 0 aliphatic rings. The van der Waals surface area contributed by atoms with E-state index in [2.05, 4.69) is 5.32 Å². The number of benzene rings is 1. The lowest BCUT2D eigenvalue weighted by Crippen LogP contribution is -2.27. The van der Waals surface area contributed by atoms with E-state index in [-0.39, 0.29) is 16.0 Å². The van der Waals surface area contributed by atoms with Gasteiger partial charge in [0.2, 0.25) is 0 Å². The fourth-order valence-electron chi connectivity index (χ4n) is 1.38. The molecule has 0 saturated carbocycles. The number of alkyl halides is 1. The fourth-order valence-corrected chi connectivity index (χ4v) is 1.77. The third-order valence-electron chi connectivity index (χ3n) is 2.27. The molecule has 0 heterocycles. The van der Waals surface area contributed by atoms with Crippen LogP contribution in [-0.2, 0) is 4.74 Å². The van der Waals surface area contributed by atoms with Crippen molar-refractivity contribution in [1.82, 2.24) is 5.32 Å². The average molecular weight is 294 g/mol. The molecule has 3 nitrogen and oxygen atoms in total. The molecule has 1 aromatic rings. The van der Waals surface area contributed by atoms with Crippen molar-refractivity contribution in [2.45, 2.75) is 11.8 Å². The van der Waals surface area contributed by atoms with Gasteiger partial charge in [0.1, 0.15) is 5.82 Å². The Bertz CT molecular complexity index is 415. The predicted octanol–water partition coefficient (Wildman–Crippen LogP) is 2.85. The number of rotatable bonds is 6. The van der Waals surface area contributed by atoms with Crippen LogP contribution in [0, 0.1) is 5.82 Å². The molecule has 1 atom stereocenters. The van der Waals surface area contributed by atoms with Gasteiger partial charge in [-0.2, -0.15) is 0 Å². The van der Waals surface area contributed by atoms with Crippen LogP contribution in [0.4, 0.5) is 4.39 Å². The van der Waals surface area contributed by atoms with Crippen molar-refractivity contribution < 1.29 is 13.9 Å². The summed E-state index contributed by atoms with van der Waals surface area (Å²) in [5, 5.41) is 2.67. The van der Waals surface area contributed by atoms with E-state index in [9.17, 15) is 9.18 Å². The Morgan fingerprint density at radius 1 is 1.56 bits per heavy atom. The van der Waals surface area contributed by atoms with Gasteiger partial charge in [-0.25, -0.2) is 4.39 Å². The van der Waals surface area contributed by atoms with Crippen LogP contribution in [0.5, 0.6) is 0 Å². The molecule has 1 N–H and O–H groups in total. The van der Waals surface area contributed by atoms with Crippen molar-refractivity contribution in [1.29, 1.82) is 0 Å². The number of halogens is 3. The van der Waals surface area contributed by atoms with E-state index >= 15 is 0 Å². The lowest BCUT2D eigenvalue weighted by atomic mass is 10.2. The van der Waals surface area contributed by atoms with Gasteiger partial charge in [0.15, 0.2) is 0 Å². The number of hydrogen-bond acceptors (Lipinski definition) is 2. The van der Waals surface area contributed by atoms with Crippen molar-refractivity contribution in [2.75, 3.05) is 20.3 Å². The Labute approximate surface area is 115 Å². The first kappa shape index (κ1) is 15.2. The van der Waals surface area contributed by atoms with Crippen molar-refractivity contribution in [2.24, 2.45) is 0 Å². The average Bonchev–Trinajstić information content (AvgIpc) is 2.29. The summed E-state index contributed by atoms with van der Waals surface area (Å²) in [7, 11) is 1.55. The summed E-state index contributed by atoms with van der Waals surface area (Å²) in [6.45, 7) is 0.769. The Hall–Kier alpha value is -0.840. The van der Waals surface area contributed by atoms with Crippen LogP contribution in [0.1, 0.15) is 16.8 Å². The van der Waals surface area contributed by atoms with Crippen LogP contribution in [0.3, 0.4) is 0 Å². The number of amides is 1. The molecular weight excluding hydrogens is 280 g/mol. The second-order valence-electron chi connectivity index (χ2n) is 3.72. The molecular formula is C12H14Cl2FNO2. The number of ether oxygens (including phenoxy) is 1. The second kappa shape index (κ2) is 7.56. The number of carbonyl (C=O) groups is 1. The lowest BCUT2D eigenvalue weighted by Gasteiger charge is -2.09. The van der Waals surface area contributed by atoms with Gasteiger partial charge in [0.25, 0.3) is 5.91 Å². The van der Waals surface area contributed by atoms with Crippen molar-refractivity contribution in [3.8, 4) is 0 Å². The number of methoxy groups -OCH3 is 1. The first-order valence-electron chi connectivity index (χ1n) is 5.41. The molecule has 0 radical (unpaired) electrons. The molecule has 1 unspecified atom stereocenters. The Kier molecular flexibility index (Phi) is 6.39. The third-order valence-corrected chi connectivity index (χ3v) is 2.85. The van der Waals surface area contributed by atoms with Crippen LogP contribution >= 0.6 is 23.2 Å². The summed E-state index contributed by atoms with van der Waals surface area (Å²) in [5.41, 5.74) is -0.0303. The smallest absolute Gasteiger partial charge is 0.254 e. The minimum atomic E-state index is -0.640.